The Morgan fingerprint density at radius 2 is 1.82 bits per heavy atom. The van der Waals surface area contributed by atoms with Gasteiger partial charge in [-0.25, -0.2) is 21.9 Å². The summed E-state index contributed by atoms with van der Waals surface area (Å²) < 4.78 is 44.0. The van der Waals surface area contributed by atoms with Crippen LogP contribution in [0.15, 0.2) is 47.4 Å². The number of carbonyl (C=O) groups excluding carboxylic acids is 2. The molecule has 2 rings (SSSR count). The van der Waals surface area contributed by atoms with Crippen LogP contribution in [-0.2, 0) is 19.6 Å². The fourth-order valence-corrected chi connectivity index (χ4v) is 3.14. The maximum absolute atomic E-state index is 13.6. The van der Waals surface area contributed by atoms with Crippen molar-refractivity contribution in [3.63, 3.8) is 0 Å². The van der Waals surface area contributed by atoms with Gasteiger partial charge in [-0.1, -0.05) is 12.1 Å². The predicted octanol–water partition coefficient (Wildman–Crippen LogP) is 2.57. The first-order valence-electron chi connectivity index (χ1n) is 8.33. The minimum Gasteiger partial charge on any atom is -0.449 e. The van der Waals surface area contributed by atoms with E-state index < -0.39 is 33.8 Å². The van der Waals surface area contributed by atoms with Crippen LogP contribution in [-0.4, -0.2) is 44.8 Å². The molecule has 0 heterocycles. The third kappa shape index (κ3) is 4.93. The Bertz CT molecular complexity index is 1010. The average molecular weight is 408 g/mol. The lowest BCUT2D eigenvalue weighted by atomic mass is 10.1. The first-order valence-corrected chi connectivity index (χ1v) is 9.77. The Kier molecular flexibility index (Phi) is 6.52. The number of hydrogen-bond acceptors (Lipinski definition) is 5. The Labute approximate surface area is 163 Å². The van der Waals surface area contributed by atoms with Crippen molar-refractivity contribution in [1.82, 2.24) is 4.31 Å². The Morgan fingerprint density at radius 1 is 1.14 bits per heavy atom. The predicted molar refractivity (Wildman–Crippen MR) is 102 cm³/mol. The summed E-state index contributed by atoms with van der Waals surface area (Å²) in [5, 5.41) is 2.50. The van der Waals surface area contributed by atoms with Crippen molar-refractivity contribution < 1.29 is 27.1 Å². The summed E-state index contributed by atoms with van der Waals surface area (Å²) in [5.74, 6) is -2.05. The molecule has 0 saturated heterocycles. The van der Waals surface area contributed by atoms with Crippen molar-refractivity contribution in [2.45, 2.75) is 24.8 Å². The molecular formula is C19H21FN2O5S. The smallest absolute Gasteiger partial charge is 0.339 e. The zero-order valence-electron chi connectivity index (χ0n) is 15.9. The molecule has 7 nitrogen and oxygen atoms in total. The summed E-state index contributed by atoms with van der Waals surface area (Å²) >= 11 is 0. The molecule has 0 aliphatic heterocycles. The first kappa shape index (κ1) is 21.5. The van der Waals surface area contributed by atoms with Gasteiger partial charge < -0.3 is 10.1 Å². The van der Waals surface area contributed by atoms with E-state index in [9.17, 15) is 22.4 Å². The number of sulfonamides is 1. The number of carbonyl (C=O) groups is 2. The van der Waals surface area contributed by atoms with Crippen LogP contribution in [0.1, 0.15) is 22.8 Å². The highest BCUT2D eigenvalue weighted by molar-refractivity contribution is 7.89. The number of nitrogens with zero attached hydrogens (tertiary/aromatic N) is 1. The van der Waals surface area contributed by atoms with E-state index in [1.165, 1.54) is 57.4 Å². The fraction of sp³-hybridized carbons (Fsp3) is 0.263. The normalized spacial score (nSPS) is 12.5. The van der Waals surface area contributed by atoms with Crippen LogP contribution < -0.4 is 5.32 Å². The number of ether oxygens (including phenoxy) is 1. The fourth-order valence-electron chi connectivity index (χ4n) is 2.19. The van der Waals surface area contributed by atoms with Crippen molar-refractivity contribution in [2.24, 2.45) is 0 Å². The number of halogens is 1. The maximum Gasteiger partial charge on any atom is 0.339 e. The molecule has 1 atom stereocenters. The van der Waals surface area contributed by atoms with Crippen molar-refractivity contribution >= 4 is 27.6 Å². The van der Waals surface area contributed by atoms with Crippen molar-refractivity contribution in [3.8, 4) is 0 Å². The van der Waals surface area contributed by atoms with Gasteiger partial charge in [-0.15, -0.1) is 0 Å². The van der Waals surface area contributed by atoms with Gasteiger partial charge in [0.1, 0.15) is 5.82 Å². The monoisotopic (exact) mass is 408 g/mol. The van der Waals surface area contributed by atoms with E-state index in [4.69, 9.17) is 4.74 Å². The molecule has 0 bridgehead atoms. The van der Waals surface area contributed by atoms with Gasteiger partial charge in [-0.3, -0.25) is 4.79 Å². The van der Waals surface area contributed by atoms with Crippen molar-refractivity contribution in [3.05, 3.63) is 59.4 Å². The van der Waals surface area contributed by atoms with Crippen LogP contribution in [0.4, 0.5) is 10.1 Å². The van der Waals surface area contributed by atoms with Gasteiger partial charge in [0.2, 0.25) is 10.0 Å². The van der Waals surface area contributed by atoms with E-state index in [2.05, 4.69) is 5.32 Å². The number of anilines is 1. The molecule has 28 heavy (non-hydrogen) atoms. The van der Waals surface area contributed by atoms with Crippen LogP contribution in [0.25, 0.3) is 0 Å². The summed E-state index contributed by atoms with van der Waals surface area (Å²) in [5.41, 5.74) is 0.605. The lowest BCUT2D eigenvalue weighted by Gasteiger charge is -2.15. The highest BCUT2D eigenvalue weighted by Crippen LogP contribution is 2.18. The van der Waals surface area contributed by atoms with Crippen molar-refractivity contribution in [1.29, 1.82) is 0 Å². The van der Waals surface area contributed by atoms with E-state index >= 15 is 0 Å². The molecule has 150 valence electrons. The van der Waals surface area contributed by atoms with Crippen molar-refractivity contribution in [2.75, 3.05) is 19.4 Å². The number of hydrogen-bond donors (Lipinski definition) is 1. The number of esters is 1. The largest absolute Gasteiger partial charge is 0.449 e. The summed E-state index contributed by atoms with van der Waals surface area (Å²) in [7, 11) is -0.859. The molecule has 2 aromatic carbocycles. The minimum absolute atomic E-state index is 0.00933. The second-order valence-corrected chi connectivity index (χ2v) is 8.47. The quantitative estimate of drug-likeness (QED) is 0.742. The summed E-state index contributed by atoms with van der Waals surface area (Å²) in [6, 6.07) is 9.58. The van der Waals surface area contributed by atoms with Gasteiger partial charge in [-0.05, 0) is 49.7 Å². The van der Waals surface area contributed by atoms with E-state index in [1.54, 1.807) is 6.92 Å². The third-order valence-electron chi connectivity index (χ3n) is 3.94. The highest BCUT2D eigenvalue weighted by Gasteiger charge is 2.21. The van der Waals surface area contributed by atoms with Gasteiger partial charge in [0.15, 0.2) is 6.10 Å². The molecule has 2 aromatic rings. The minimum atomic E-state index is -3.66. The van der Waals surface area contributed by atoms with E-state index in [0.717, 1.165) is 10.4 Å². The lowest BCUT2D eigenvalue weighted by Crippen LogP contribution is -2.30. The molecule has 0 aromatic heterocycles. The second-order valence-electron chi connectivity index (χ2n) is 6.32. The number of benzene rings is 2. The van der Waals surface area contributed by atoms with Gasteiger partial charge in [0.05, 0.1) is 10.5 Å². The standard InChI is InChI=1S/C19H21FN2O5S/c1-12-8-9-14(10-17(12)20)19(24)27-13(2)18(23)21-15-6-5-7-16(11-15)28(25,26)22(3)4/h5-11,13H,1-4H3,(H,21,23)/t13-/m0/s1. The molecule has 0 radical (unpaired) electrons. The molecular weight excluding hydrogens is 387 g/mol. The molecule has 9 heteroatoms. The number of rotatable bonds is 6. The molecule has 0 fully saturated rings. The molecule has 0 aliphatic rings. The number of nitrogens with one attached hydrogen (secondary N) is 1. The third-order valence-corrected chi connectivity index (χ3v) is 5.75. The van der Waals surface area contributed by atoms with Crippen LogP contribution in [0.2, 0.25) is 0 Å². The molecule has 0 spiro atoms. The van der Waals surface area contributed by atoms with Crippen LogP contribution in [0.5, 0.6) is 0 Å². The summed E-state index contributed by atoms with van der Waals surface area (Å²) in [4.78, 5) is 24.4. The molecule has 0 saturated carbocycles. The summed E-state index contributed by atoms with van der Waals surface area (Å²) in [6.07, 6.45) is -1.18. The lowest BCUT2D eigenvalue weighted by molar-refractivity contribution is -0.123. The van der Waals surface area contributed by atoms with Gasteiger partial charge in [-0.2, -0.15) is 0 Å². The molecule has 1 N–H and O–H groups in total. The highest BCUT2D eigenvalue weighted by atomic mass is 32.2. The van der Waals surface area contributed by atoms with E-state index in [0.29, 0.717) is 5.56 Å². The van der Waals surface area contributed by atoms with E-state index in [-0.39, 0.29) is 16.1 Å². The SMILES string of the molecule is Cc1ccc(C(=O)O[C@@H](C)C(=O)Nc2cccc(S(=O)(=O)N(C)C)c2)cc1F. The van der Waals surface area contributed by atoms with Gasteiger partial charge >= 0.3 is 5.97 Å². The van der Waals surface area contributed by atoms with Crippen LogP contribution >= 0.6 is 0 Å². The maximum atomic E-state index is 13.6. The Morgan fingerprint density at radius 3 is 2.43 bits per heavy atom. The Balaban J connectivity index is 2.08. The zero-order valence-corrected chi connectivity index (χ0v) is 16.7. The van der Waals surface area contributed by atoms with Crippen LogP contribution in [0, 0.1) is 12.7 Å². The average Bonchev–Trinajstić information content (AvgIpc) is 2.63. The summed E-state index contributed by atoms with van der Waals surface area (Å²) in [6.45, 7) is 2.92. The van der Waals surface area contributed by atoms with Gasteiger partial charge in [0, 0.05) is 19.8 Å². The topological polar surface area (TPSA) is 92.8 Å². The Hall–Kier alpha value is -2.78. The second kappa shape index (κ2) is 8.49. The van der Waals surface area contributed by atoms with Crippen LogP contribution in [0.3, 0.4) is 0 Å². The molecule has 1 amide bonds. The van der Waals surface area contributed by atoms with Gasteiger partial charge in [0.25, 0.3) is 5.91 Å². The van der Waals surface area contributed by atoms with E-state index in [1.807, 2.05) is 0 Å². The number of aryl methyl sites for hydroxylation is 1. The molecule has 0 unspecified atom stereocenters. The molecule has 0 aliphatic carbocycles. The first-order chi connectivity index (χ1) is 13.0. The number of amides is 1. The zero-order chi connectivity index (χ0) is 21.1.